The highest BCUT2D eigenvalue weighted by molar-refractivity contribution is 6.44. The summed E-state index contributed by atoms with van der Waals surface area (Å²) in [6.45, 7) is 0. The van der Waals surface area contributed by atoms with Crippen LogP contribution in [0.1, 0.15) is 42.3 Å². The van der Waals surface area contributed by atoms with Gasteiger partial charge in [0, 0.05) is 6.04 Å². The molecule has 106 valence electrons. The second-order valence-electron chi connectivity index (χ2n) is 5.62. The van der Waals surface area contributed by atoms with E-state index in [4.69, 9.17) is 23.2 Å². The first kappa shape index (κ1) is 14.2. The molecule has 0 bridgehead atoms. The number of fused-ring (bicyclic) bond motifs is 1. The third-order valence-electron chi connectivity index (χ3n) is 4.56. The van der Waals surface area contributed by atoms with E-state index in [1.807, 2.05) is 7.05 Å². The summed E-state index contributed by atoms with van der Waals surface area (Å²) >= 11 is 12.3. The van der Waals surface area contributed by atoms with Crippen LogP contribution < -0.4 is 5.32 Å². The van der Waals surface area contributed by atoms with E-state index >= 15 is 0 Å². The van der Waals surface area contributed by atoms with Crippen LogP contribution in [-0.2, 0) is 0 Å². The lowest BCUT2D eigenvalue weighted by atomic mass is 9.72. The molecule has 1 nitrogen and oxygen atoms in total. The molecule has 0 amide bonds. The Morgan fingerprint density at radius 3 is 2.50 bits per heavy atom. The molecule has 1 aromatic rings. The zero-order valence-electron chi connectivity index (χ0n) is 11.6. The average molecular weight is 308 g/mol. The number of allylic oxidation sites excluding steroid dienone is 4. The van der Waals surface area contributed by atoms with E-state index < -0.39 is 0 Å². The Bertz CT molecular complexity index is 562. The molecular weight excluding hydrogens is 289 g/mol. The molecule has 2 aliphatic carbocycles. The molecule has 0 aliphatic heterocycles. The molecule has 0 saturated heterocycles. The maximum absolute atomic E-state index is 6.21. The number of hydrogen-bond donors (Lipinski definition) is 1. The van der Waals surface area contributed by atoms with Gasteiger partial charge >= 0.3 is 0 Å². The number of halogens is 2. The number of rotatable bonds is 2. The van der Waals surface area contributed by atoms with E-state index in [1.54, 1.807) is 0 Å². The second kappa shape index (κ2) is 5.93. The molecule has 20 heavy (non-hydrogen) atoms. The van der Waals surface area contributed by atoms with Crippen molar-refractivity contribution in [3.05, 3.63) is 57.6 Å². The molecular formula is C17H19Cl2N. The lowest BCUT2D eigenvalue weighted by Crippen LogP contribution is -2.26. The molecule has 3 heteroatoms. The molecule has 1 N–H and O–H groups in total. The van der Waals surface area contributed by atoms with E-state index in [0.717, 1.165) is 6.42 Å². The van der Waals surface area contributed by atoms with E-state index in [-0.39, 0.29) is 0 Å². The van der Waals surface area contributed by atoms with Crippen LogP contribution in [0.25, 0.3) is 0 Å². The molecule has 0 spiro atoms. The van der Waals surface area contributed by atoms with E-state index in [0.29, 0.717) is 27.9 Å². The first-order chi connectivity index (χ1) is 9.70. The third kappa shape index (κ3) is 2.55. The molecule has 0 aromatic heterocycles. The minimum absolute atomic E-state index is 0.462. The van der Waals surface area contributed by atoms with Crippen LogP contribution in [0.15, 0.2) is 46.5 Å². The zero-order valence-corrected chi connectivity index (χ0v) is 13.1. The monoisotopic (exact) mass is 307 g/mol. The maximum atomic E-state index is 6.21. The van der Waals surface area contributed by atoms with Gasteiger partial charge in [0.05, 0.1) is 10.1 Å². The predicted molar refractivity (Wildman–Crippen MR) is 86.2 cm³/mol. The van der Waals surface area contributed by atoms with Crippen molar-refractivity contribution < 1.29 is 0 Å². The largest absolute Gasteiger partial charge is 0.313 e. The second-order valence-corrected chi connectivity index (χ2v) is 6.43. The van der Waals surface area contributed by atoms with Gasteiger partial charge in [0.25, 0.3) is 0 Å². The molecule has 0 fully saturated rings. The number of benzene rings is 1. The van der Waals surface area contributed by atoms with E-state index in [1.165, 1.54) is 24.0 Å². The van der Waals surface area contributed by atoms with Gasteiger partial charge in [-0.1, -0.05) is 59.6 Å². The highest BCUT2D eigenvalue weighted by Crippen LogP contribution is 2.45. The lowest BCUT2D eigenvalue weighted by Gasteiger charge is -2.35. The average Bonchev–Trinajstić information content (AvgIpc) is 2.49. The first-order valence-electron chi connectivity index (χ1n) is 7.20. The SMILES string of the molecule is CNC1CC[C@@H](C2C=C(Cl)C(Cl)=CC2)c2ccccc21. The Balaban J connectivity index is 1.93. The molecule has 0 saturated carbocycles. The van der Waals surface area contributed by atoms with Crippen LogP contribution in [0.2, 0.25) is 0 Å². The minimum Gasteiger partial charge on any atom is -0.313 e. The molecule has 0 heterocycles. The molecule has 2 unspecified atom stereocenters. The van der Waals surface area contributed by atoms with Crippen LogP contribution in [0.3, 0.4) is 0 Å². The standard InChI is InChI=1S/C17H19Cl2N/c1-20-17-9-7-12(13-4-2-3-5-14(13)17)11-6-8-15(18)16(19)10-11/h2-5,8,10-12,17,20H,6-7,9H2,1H3/t11?,12-,17?/m0/s1. The van der Waals surface area contributed by atoms with Gasteiger partial charge in [0.15, 0.2) is 0 Å². The van der Waals surface area contributed by atoms with Crippen molar-refractivity contribution in [2.45, 2.75) is 31.2 Å². The molecule has 0 radical (unpaired) electrons. The lowest BCUT2D eigenvalue weighted by molar-refractivity contribution is 0.387. The summed E-state index contributed by atoms with van der Waals surface area (Å²) < 4.78 is 0. The third-order valence-corrected chi connectivity index (χ3v) is 5.34. The normalized spacial score (nSPS) is 29.4. The Morgan fingerprint density at radius 1 is 1.05 bits per heavy atom. The van der Waals surface area contributed by atoms with Crippen molar-refractivity contribution in [2.75, 3.05) is 7.05 Å². The van der Waals surface area contributed by atoms with Crippen LogP contribution in [0.5, 0.6) is 0 Å². The van der Waals surface area contributed by atoms with Crippen molar-refractivity contribution in [2.24, 2.45) is 5.92 Å². The van der Waals surface area contributed by atoms with Crippen LogP contribution >= 0.6 is 23.2 Å². The van der Waals surface area contributed by atoms with Crippen molar-refractivity contribution in [3.63, 3.8) is 0 Å². The van der Waals surface area contributed by atoms with Gasteiger partial charge < -0.3 is 5.32 Å². The summed E-state index contributed by atoms with van der Waals surface area (Å²) in [5, 5.41) is 4.82. The fourth-order valence-corrected chi connectivity index (χ4v) is 3.91. The van der Waals surface area contributed by atoms with Gasteiger partial charge in [-0.2, -0.15) is 0 Å². The number of hydrogen-bond acceptors (Lipinski definition) is 1. The molecule has 3 rings (SSSR count). The van der Waals surface area contributed by atoms with Crippen LogP contribution in [0, 0.1) is 5.92 Å². The molecule has 3 atom stereocenters. The van der Waals surface area contributed by atoms with Gasteiger partial charge in [-0.25, -0.2) is 0 Å². The van der Waals surface area contributed by atoms with Crippen molar-refractivity contribution in [1.82, 2.24) is 5.32 Å². The highest BCUT2D eigenvalue weighted by Gasteiger charge is 2.31. The minimum atomic E-state index is 0.462. The van der Waals surface area contributed by atoms with Gasteiger partial charge in [-0.05, 0) is 49.3 Å². The summed E-state index contributed by atoms with van der Waals surface area (Å²) in [6, 6.07) is 9.27. The van der Waals surface area contributed by atoms with Gasteiger partial charge in [0.1, 0.15) is 0 Å². The smallest absolute Gasteiger partial charge is 0.0552 e. The predicted octanol–water partition coefficient (Wildman–Crippen LogP) is 5.09. The first-order valence-corrected chi connectivity index (χ1v) is 7.95. The highest BCUT2D eigenvalue weighted by atomic mass is 35.5. The van der Waals surface area contributed by atoms with Crippen molar-refractivity contribution in [1.29, 1.82) is 0 Å². The topological polar surface area (TPSA) is 12.0 Å². The summed E-state index contributed by atoms with van der Waals surface area (Å²) in [4.78, 5) is 0. The maximum Gasteiger partial charge on any atom is 0.0552 e. The molecule has 1 aromatic carbocycles. The quantitative estimate of drug-likeness (QED) is 0.802. The van der Waals surface area contributed by atoms with Gasteiger partial charge in [0.2, 0.25) is 0 Å². The Hall–Kier alpha value is -0.760. The van der Waals surface area contributed by atoms with Crippen molar-refractivity contribution >= 4 is 23.2 Å². The summed E-state index contributed by atoms with van der Waals surface area (Å²) in [5.74, 6) is 1.01. The van der Waals surface area contributed by atoms with Gasteiger partial charge in [-0.15, -0.1) is 0 Å². The van der Waals surface area contributed by atoms with Crippen LogP contribution in [-0.4, -0.2) is 7.05 Å². The van der Waals surface area contributed by atoms with Crippen molar-refractivity contribution in [3.8, 4) is 0 Å². The summed E-state index contributed by atoms with van der Waals surface area (Å²) in [6.07, 6.45) is 7.56. The Kier molecular flexibility index (Phi) is 4.21. The van der Waals surface area contributed by atoms with Gasteiger partial charge in [-0.3, -0.25) is 0 Å². The Labute approximate surface area is 130 Å². The fourth-order valence-electron chi connectivity index (χ4n) is 3.52. The summed E-state index contributed by atoms with van der Waals surface area (Å²) in [7, 11) is 2.04. The fraction of sp³-hybridized carbons (Fsp3) is 0.412. The zero-order chi connectivity index (χ0) is 14.1. The number of nitrogens with one attached hydrogen (secondary N) is 1. The van der Waals surface area contributed by atoms with E-state index in [2.05, 4.69) is 41.7 Å². The Morgan fingerprint density at radius 2 is 1.80 bits per heavy atom. The van der Waals surface area contributed by atoms with E-state index in [9.17, 15) is 0 Å². The molecule has 2 aliphatic rings. The van der Waals surface area contributed by atoms with Crippen LogP contribution in [0.4, 0.5) is 0 Å². The summed E-state index contributed by atoms with van der Waals surface area (Å²) in [5.41, 5.74) is 2.91.